The molecule has 3 heterocycles. The molecule has 1 amide bonds. The van der Waals surface area contributed by atoms with E-state index in [2.05, 4.69) is 25.9 Å². The minimum atomic E-state index is -0.982. The van der Waals surface area contributed by atoms with Crippen LogP contribution in [0.4, 0.5) is 11.5 Å². The van der Waals surface area contributed by atoms with Crippen LogP contribution in [0.25, 0.3) is 10.9 Å². The standard InChI is InChI=1S/C24H27N5O3/c30-22(8-4-2-6-18-9-10-21-23(29-18)26-12-11-25-21)28-15-19(24(31)32)17-13-16-5-1-3-7-20(16)27-14-17/h1,3,5,7,9-10,13-14,19,25H,2,4,6,8,11-12,15H2,(H,26,29)(H,28,30)(H,31,32)/t19-/m1/s1. The molecule has 0 aliphatic carbocycles. The van der Waals surface area contributed by atoms with Crippen LogP contribution in [0.5, 0.6) is 0 Å². The van der Waals surface area contributed by atoms with Crippen molar-refractivity contribution in [3.63, 3.8) is 0 Å². The van der Waals surface area contributed by atoms with Gasteiger partial charge in [0.05, 0.1) is 11.2 Å². The summed E-state index contributed by atoms with van der Waals surface area (Å²) in [5, 5.41) is 19.9. The van der Waals surface area contributed by atoms with Crippen LogP contribution in [0.1, 0.15) is 36.4 Å². The molecule has 0 bridgehead atoms. The fraction of sp³-hybridized carbons (Fsp3) is 0.333. The van der Waals surface area contributed by atoms with Crippen LogP contribution in [-0.4, -0.2) is 46.6 Å². The summed E-state index contributed by atoms with van der Waals surface area (Å²) < 4.78 is 0. The van der Waals surface area contributed by atoms with Gasteiger partial charge in [-0.25, -0.2) is 4.98 Å². The Bertz CT molecular complexity index is 1120. The Kier molecular flexibility index (Phi) is 6.79. The van der Waals surface area contributed by atoms with E-state index in [-0.39, 0.29) is 12.5 Å². The largest absolute Gasteiger partial charge is 0.481 e. The van der Waals surface area contributed by atoms with Crippen molar-refractivity contribution < 1.29 is 14.7 Å². The molecule has 1 aliphatic rings. The first-order valence-corrected chi connectivity index (χ1v) is 10.9. The van der Waals surface area contributed by atoms with E-state index in [1.807, 2.05) is 42.5 Å². The van der Waals surface area contributed by atoms with Crippen LogP contribution in [0.3, 0.4) is 0 Å². The maximum atomic E-state index is 12.3. The van der Waals surface area contributed by atoms with Crippen LogP contribution in [0.2, 0.25) is 0 Å². The Morgan fingerprint density at radius 2 is 1.94 bits per heavy atom. The van der Waals surface area contributed by atoms with E-state index >= 15 is 0 Å². The Balaban J connectivity index is 1.24. The van der Waals surface area contributed by atoms with E-state index in [0.717, 1.165) is 54.0 Å². The zero-order valence-corrected chi connectivity index (χ0v) is 17.8. The molecule has 1 aliphatic heterocycles. The van der Waals surface area contributed by atoms with Crippen LogP contribution in [0.15, 0.2) is 48.7 Å². The normalized spacial score (nSPS) is 13.5. The van der Waals surface area contributed by atoms with Crippen molar-refractivity contribution in [2.45, 2.75) is 31.6 Å². The second-order valence-corrected chi connectivity index (χ2v) is 7.92. The quantitative estimate of drug-likeness (QED) is 0.383. The first kappa shape index (κ1) is 21.5. The van der Waals surface area contributed by atoms with Crippen LogP contribution < -0.4 is 16.0 Å². The number of aliphatic carboxylic acids is 1. The third-order valence-corrected chi connectivity index (χ3v) is 5.59. The summed E-state index contributed by atoms with van der Waals surface area (Å²) in [6, 6.07) is 13.4. The van der Waals surface area contributed by atoms with E-state index < -0.39 is 11.9 Å². The number of carboxylic acids is 1. The number of pyridine rings is 2. The van der Waals surface area contributed by atoms with Gasteiger partial charge in [-0.05, 0) is 49.1 Å². The lowest BCUT2D eigenvalue weighted by atomic mass is 9.99. The molecule has 4 rings (SSSR count). The molecule has 1 atom stereocenters. The number of carbonyl (C=O) groups is 2. The number of anilines is 2. The molecule has 0 saturated heterocycles. The highest BCUT2D eigenvalue weighted by atomic mass is 16.4. The number of carbonyl (C=O) groups excluding carboxylic acids is 1. The third kappa shape index (κ3) is 5.32. The Morgan fingerprint density at radius 1 is 1.09 bits per heavy atom. The first-order valence-electron chi connectivity index (χ1n) is 10.9. The van der Waals surface area contributed by atoms with Gasteiger partial charge in [0.2, 0.25) is 5.91 Å². The number of hydrogen-bond acceptors (Lipinski definition) is 6. The van der Waals surface area contributed by atoms with Gasteiger partial charge in [0.15, 0.2) is 0 Å². The lowest BCUT2D eigenvalue weighted by molar-refractivity contribution is -0.138. The van der Waals surface area contributed by atoms with E-state index in [0.29, 0.717) is 18.4 Å². The minimum absolute atomic E-state index is 0.0409. The minimum Gasteiger partial charge on any atom is -0.481 e. The Morgan fingerprint density at radius 3 is 2.81 bits per heavy atom. The lowest BCUT2D eigenvalue weighted by Gasteiger charge is -2.19. The highest BCUT2D eigenvalue weighted by molar-refractivity contribution is 5.83. The molecule has 0 spiro atoms. The number of nitrogens with one attached hydrogen (secondary N) is 3. The Hall–Kier alpha value is -3.68. The van der Waals surface area contributed by atoms with Crippen molar-refractivity contribution in [1.29, 1.82) is 0 Å². The number of fused-ring (bicyclic) bond motifs is 2. The summed E-state index contributed by atoms with van der Waals surface area (Å²) in [6.45, 7) is 1.79. The zero-order chi connectivity index (χ0) is 22.3. The number of benzene rings is 1. The summed E-state index contributed by atoms with van der Waals surface area (Å²) in [6.07, 6.45) is 4.27. The number of rotatable bonds is 9. The molecular weight excluding hydrogens is 406 g/mol. The predicted octanol–water partition coefficient (Wildman–Crippen LogP) is 3.16. The fourth-order valence-electron chi connectivity index (χ4n) is 3.82. The topological polar surface area (TPSA) is 116 Å². The monoisotopic (exact) mass is 433 g/mol. The third-order valence-electron chi connectivity index (χ3n) is 5.59. The second kappa shape index (κ2) is 10.1. The molecule has 0 unspecified atom stereocenters. The molecule has 166 valence electrons. The van der Waals surface area contributed by atoms with E-state index in [4.69, 9.17) is 0 Å². The average Bonchev–Trinajstić information content (AvgIpc) is 2.81. The summed E-state index contributed by atoms with van der Waals surface area (Å²) in [7, 11) is 0. The van der Waals surface area contributed by atoms with Crippen molar-refractivity contribution in [3.05, 3.63) is 59.9 Å². The van der Waals surface area contributed by atoms with Crippen LogP contribution >= 0.6 is 0 Å². The second-order valence-electron chi connectivity index (χ2n) is 7.92. The maximum absolute atomic E-state index is 12.3. The van der Waals surface area contributed by atoms with Gasteiger partial charge in [0.1, 0.15) is 11.7 Å². The van der Waals surface area contributed by atoms with Crippen LogP contribution in [0, 0.1) is 0 Å². The van der Waals surface area contributed by atoms with E-state index in [9.17, 15) is 14.7 Å². The number of hydrogen-bond donors (Lipinski definition) is 4. The summed E-state index contributed by atoms with van der Waals surface area (Å²) >= 11 is 0. The predicted molar refractivity (Wildman–Crippen MR) is 124 cm³/mol. The van der Waals surface area contributed by atoms with Gasteiger partial charge >= 0.3 is 5.97 Å². The molecule has 4 N–H and O–H groups in total. The average molecular weight is 434 g/mol. The Labute approximate surface area is 186 Å². The molecule has 0 fully saturated rings. The fourth-order valence-corrected chi connectivity index (χ4v) is 3.82. The van der Waals surface area contributed by atoms with Gasteiger partial charge in [-0.2, -0.15) is 0 Å². The lowest BCUT2D eigenvalue weighted by Crippen LogP contribution is -2.31. The molecular formula is C24H27N5O3. The number of amides is 1. The summed E-state index contributed by atoms with van der Waals surface area (Å²) in [4.78, 5) is 33.0. The van der Waals surface area contributed by atoms with E-state index in [1.54, 1.807) is 6.20 Å². The summed E-state index contributed by atoms with van der Waals surface area (Å²) in [5.74, 6) is -1.08. The zero-order valence-electron chi connectivity index (χ0n) is 17.8. The molecule has 0 radical (unpaired) electrons. The first-order chi connectivity index (χ1) is 15.6. The molecule has 8 heteroatoms. The van der Waals surface area contributed by atoms with Gasteiger partial charge in [-0.1, -0.05) is 18.2 Å². The molecule has 8 nitrogen and oxygen atoms in total. The number of aryl methyl sites for hydroxylation is 1. The number of unbranched alkanes of at least 4 members (excludes halogenated alkanes) is 1. The van der Waals surface area contributed by atoms with Gasteiger partial charge < -0.3 is 21.1 Å². The van der Waals surface area contributed by atoms with Crippen molar-refractivity contribution in [2.75, 3.05) is 30.3 Å². The highest BCUT2D eigenvalue weighted by Crippen LogP contribution is 2.23. The van der Waals surface area contributed by atoms with Crippen molar-refractivity contribution in [3.8, 4) is 0 Å². The van der Waals surface area contributed by atoms with Gasteiger partial charge in [0.25, 0.3) is 0 Å². The maximum Gasteiger partial charge on any atom is 0.312 e. The molecule has 1 aromatic carbocycles. The van der Waals surface area contributed by atoms with Gasteiger partial charge in [0, 0.05) is 43.3 Å². The van der Waals surface area contributed by atoms with Gasteiger partial charge in [-0.3, -0.25) is 14.6 Å². The molecule has 2 aromatic heterocycles. The van der Waals surface area contributed by atoms with Crippen molar-refractivity contribution in [2.24, 2.45) is 0 Å². The smallest absolute Gasteiger partial charge is 0.312 e. The number of carboxylic acid groups (broad SMARTS) is 1. The van der Waals surface area contributed by atoms with E-state index in [1.165, 1.54) is 0 Å². The van der Waals surface area contributed by atoms with Crippen molar-refractivity contribution in [1.82, 2.24) is 15.3 Å². The SMILES string of the molecule is O=C(CCCCc1ccc2c(n1)NCCN2)NC[C@@H](C(=O)O)c1cnc2ccccc2c1. The molecule has 0 saturated carbocycles. The number of nitrogens with zero attached hydrogens (tertiary/aromatic N) is 2. The number of para-hydroxylation sites is 1. The summed E-state index contributed by atoms with van der Waals surface area (Å²) in [5.41, 5.74) is 3.41. The molecule has 32 heavy (non-hydrogen) atoms. The van der Waals surface area contributed by atoms with Crippen LogP contribution in [-0.2, 0) is 16.0 Å². The highest BCUT2D eigenvalue weighted by Gasteiger charge is 2.21. The molecule has 3 aromatic rings. The van der Waals surface area contributed by atoms with Crippen molar-refractivity contribution >= 4 is 34.3 Å². The van der Waals surface area contributed by atoms with Gasteiger partial charge in [-0.15, -0.1) is 0 Å². The number of aromatic nitrogens is 2.